The molecule has 2 aromatic rings. The highest BCUT2D eigenvalue weighted by atomic mass is 16.5. The zero-order valence-corrected chi connectivity index (χ0v) is 14.7. The van der Waals surface area contributed by atoms with E-state index < -0.39 is 5.54 Å². The Morgan fingerprint density at radius 1 is 1.12 bits per heavy atom. The Morgan fingerprint density at radius 3 is 2.48 bits per heavy atom. The predicted molar refractivity (Wildman–Crippen MR) is 95.2 cm³/mol. The van der Waals surface area contributed by atoms with Crippen molar-refractivity contribution >= 4 is 11.9 Å². The first-order valence-electron chi connectivity index (χ1n) is 8.35. The first-order chi connectivity index (χ1) is 12.0. The maximum absolute atomic E-state index is 13.2. The number of amides is 3. The van der Waals surface area contributed by atoms with E-state index in [-0.39, 0.29) is 18.5 Å². The Balaban J connectivity index is 1.96. The van der Waals surface area contributed by atoms with Crippen LogP contribution in [0.3, 0.4) is 0 Å². The second-order valence-electron chi connectivity index (χ2n) is 6.26. The van der Waals surface area contributed by atoms with Gasteiger partial charge in [0.05, 0.1) is 13.7 Å². The molecule has 1 saturated heterocycles. The molecule has 1 aliphatic heterocycles. The fourth-order valence-electron chi connectivity index (χ4n) is 3.33. The summed E-state index contributed by atoms with van der Waals surface area (Å²) in [6.07, 6.45) is 0.489. The molecule has 5 heteroatoms. The van der Waals surface area contributed by atoms with Crippen LogP contribution in [0.25, 0.3) is 0 Å². The summed E-state index contributed by atoms with van der Waals surface area (Å²) in [5.41, 5.74) is 1.66. The van der Waals surface area contributed by atoms with Gasteiger partial charge in [-0.15, -0.1) is 0 Å². The van der Waals surface area contributed by atoms with Gasteiger partial charge in [-0.25, -0.2) is 4.79 Å². The number of nitrogens with one attached hydrogen (secondary N) is 1. The molecule has 0 aliphatic carbocycles. The number of imide groups is 1. The monoisotopic (exact) mass is 338 g/mol. The van der Waals surface area contributed by atoms with Crippen LogP contribution in [0.15, 0.2) is 48.5 Å². The summed E-state index contributed by atoms with van der Waals surface area (Å²) in [7, 11) is 1.58. The fraction of sp³-hybridized carbons (Fsp3) is 0.300. The maximum Gasteiger partial charge on any atom is 0.325 e. The van der Waals surface area contributed by atoms with E-state index in [1.54, 1.807) is 7.11 Å². The minimum absolute atomic E-state index is 0.185. The molecular weight excluding hydrogens is 316 g/mol. The summed E-state index contributed by atoms with van der Waals surface area (Å²) in [6, 6.07) is 14.7. The van der Waals surface area contributed by atoms with Crippen molar-refractivity contribution < 1.29 is 14.3 Å². The van der Waals surface area contributed by atoms with Crippen molar-refractivity contribution in [1.29, 1.82) is 0 Å². The number of carbonyl (C=O) groups is 2. The van der Waals surface area contributed by atoms with Gasteiger partial charge in [-0.3, -0.25) is 9.69 Å². The number of methoxy groups -OCH3 is 1. The van der Waals surface area contributed by atoms with E-state index in [4.69, 9.17) is 4.74 Å². The molecule has 5 nitrogen and oxygen atoms in total. The van der Waals surface area contributed by atoms with Crippen molar-refractivity contribution in [2.24, 2.45) is 0 Å². The van der Waals surface area contributed by atoms with Gasteiger partial charge in [0, 0.05) is 5.56 Å². The topological polar surface area (TPSA) is 58.6 Å². The van der Waals surface area contributed by atoms with Gasteiger partial charge in [-0.2, -0.15) is 0 Å². The number of benzene rings is 2. The van der Waals surface area contributed by atoms with Crippen LogP contribution in [0, 0.1) is 6.92 Å². The Hall–Kier alpha value is -2.82. The standard InChI is InChI=1S/C20H22N2O3/c1-4-20(16-8-6-5-7-9-16)18(23)22(19(24)21-20)13-15-12-14(2)10-11-17(15)25-3/h5-12H,4,13H2,1-3H3,(H,21,24)/t20-/m1/s1. The Labute approximate surface area is 147 Å². The largest absolute Gasteiger partial charge is 0.496 e. The van der Waals surface area contributed by atoms with Crippen molar-refractivity contribution in [3.05, 3.63) is 65.2 Å². The van der Waals surface area contributed by atoms with Crippen LogP contribution in [0.1, 0.15) is 30.0 Å². The van der Waals surface area contributed by atoms with E-state index >= 15 is 0 Å². The van der Waals surface area contributed by atoms with Gasteiger partial charge in [0.2, 0.25) is 0 Å². The van der Waals surface area contributed by atoms with E-state index in [9.17, 15) is 9.59 Å². The zero-order valence-electron chi connectivity index (χ0n) is 14.7. The fourth-order valence-corrected chi connectivity index (χ4v) is 3.33. The third kappa shape index (κ3) is 2.86. The van der Waals surface area contributed by atoms with Crippen molar-refractivity contribution in [3.63, 3.8) is 0 Å². The molecule has 0 saturated carbocycles. The van der Waals surface area contributed by atoms with Crippen LogP contribution >= 0.6 is 0 Å². The molecule has 1 fully saturated rings. The van der Waals surface area contributed by atoms with Crippen molar-refractivity contribution in [2.45, 2.75) is 32.4 Å². The average molecular weight is 338 g/mol. The quantitative estimate of drug-likeness (QED) is 0.851. The normalized spacial score (nSPS) is 19.9. The Morgan fingerprint density at radius 2 is 1.84 bits per heavy atom. The molecule has 0 spiro atoms. The van der Waals surface area contributed by atoms with Crippen molar-refractivity contribution in [3.8, 4) is 5.75 Å². The minimum Gasteiger partial charge on any atom is -0.496 e. The molecular formula is C20H22N2O3. The van der Waals surface area contributed by atoms with Crippen LogP contribution in [-0.2, 0) is 16.9 Å². The molecule has 0 unspecified atom stereocenters. The summed E-state index contributed by atoms with van der Waals surface area (Å²) >= 11 is 0. The zero-order chi connectivity index (χ0) is 18.0. The number of ether oxygens (including phenoxy) is 1. The number of rotatable bonds is 5. The molecule has 3 rings (SSSR count). The molecule has 25 heavy (non-hydrogen) atoms. The highest BCUT2D eigenvalue weighted by Crippen LogP contribution is 2.34. The number of nitrogens with zero attached hydrogens (tertiary/aromatic N) is 1. The maximum atomic E-state index is 13.2. The molecule has 0 aromatic heterocycles. The Kier molecular flexibility index (Phi) is 4.49. The summed E-state index contributed by atoms with van der Waals surface area (Å²) < 4.78 is 5.37. The van der Waals surface area contributed by atoms with Gasteiger partial charge in [-0.05, 0) is 25.0 Å². The Bertz CT molecular complexity index is 804. The molecule has 1 atom stereocenters. The summed E-state index contributed by atoms with van der Waals surface area (Å²) in [6.45, 7) is 4.06. The first-order valence-corrected chi connectivity index (χ1v) is 8.35. The van der Waals surface area contributed by atoms with Crippen molar-refractivity contribution in [1.82, 2.24) is 10.2 Å². The number of hydrogen-bond acceptors (Lipinski definition) is 3. The number of urea groups is 1. The predicted octanol–water partition coefficient (Wildman–Crippen LogP) is 3.36. The SMILES string of the molecule is CC[C@]1(c2ccccc2)NC(=O)N(Cc2cc(C)ccc2OC)C1=O. The minimum atomic E-state index is -1.00. The number of hydrogen-bond donors (Lipinski definition) is 1. The molecule has 0 radical (unpaired) electrons. The third-order valence-corrected chi connectivity index (χ3v) is 4.74. The highest BCUT2D eigenvalue weighted by Gasteiger charge is 2.51. The number of carbonyl (C=O) groups excluding carboxylic acids is 2. The van der Waals surface area contributed by atoms with Crippen LogP contribution < -0.4 is 10.1 Å². The lowest BCUT2D eigenvalue weighted by Gasteiger charge is -2.26. The van der Waals surface area contributed by atoms with E-state index in [2.05, 4.69) is 5.32 Å². The molecule has 1 N–H and O–H groups in total. The van der Waals surface area contributed by atoms with Crippen LogP contribution in [-0.4, -0.2) is 23.9 Å². The van der Waals surface area contributed by atoms with Crippen LogP contribution in [0.2, 0.25) is 0 Å². The van der Waals surface area contributed by atoms with E-state index in [0.717, 1.165) is 16.7 Å². The summed E-state index contributed by atoms with van der Waals surface area (Å²) in [4.78, 5) is 27.0. The smallest absolute Gasteiger partial charge is 0.325 e. The number of aryl methyl sites for hydroxylation is 1. The van der Waals surface area contributed by atoms with Crippen molar-refractivity contribution in [2.75, 3.05) is 7.11 Å². The molecule has 3 amide bonds. The first kappa shape index (κ1) is 17.0. The van der Waals surface area contributed by atoms with Gasteiger partial charge < -0.3 is 10.1 Å². The van der Waals surface area contributed by atoms with Gasteiger partial charge >= 0.3 is 6.03 Å². The van der Waals surface area contributed by atoms with Gasteiger partial charge in [0.25, 0.3) is 5.91 Å². The lowest BCUT2D eigenvalue weighted by Crippen LogP contribution is -2.43. The lowest BCUT2D eigenvalue weighted by atomic mass is 9.87. The van der Waals surface area contributed by atoms with Gasteiger partial charge in [-0.1, -0.05) is 55.0 Å². The molecule has 0 bridgehead atoms. The molecule has 2 aromatic carbocycles. The third-order valence-electron chi connectivity index (χ3n) is 4.74. The molecule has 1 aliphatic rings. The van der Waals surface area contributed by atoms with Gasteiger partial charge in [0.1, 0.15) is 11.3 Å². The summed E-state index contributed by atoms with van der Waals surface area (Å²) in [5.74, 6) is 0.440. The average Bonchev–Trinajstić information content (AvgIpc) is 2.88. The van der Waals surface area contributed by atoms with Crippen LogP contribution in [0.4, 0.5) is 4.79 Å². The second kappa shape index (κ2) is 6.59. The second-order valence-corrected chi connectivity index (χ2v) is 6.26. The van der Waals surface area contributed by atoms with E-state index in [1.165, 1.54) is 4.90 Å². The van der Waals surface area contributed by atoms with Gasteiger partial charge in [0.15, 0.2) is 0 Å². The summed E-state index contributed by atoms with van der Waals surface area (Å²) in [5, 5.41) is 2.90. The van der Waals surface area contributed by atoms with E-state index in [0.29, 0.717) is 12.2 Å². The lowest BCUT2D eigenvalue weighted by molar-refractivity contribution is -0.132. The molecule has 1 heterocycles. The van der Waals surface area contributed by atoms with E-state index in [1.807, 2.05) is 62.4 Å². The highest BCUT2D eigenvalue weighted by molar-refractivity contribution is 6.07. The van der Waals surface area contributed by atoms with Crippen LogP contribution in [0.5, 0.6) is 5.75 Å². The molecule has 130 valence electrons.